The van der Waals surface area contributed by atoms with E-state index in [0.717, 1.165) is 66.0 Å². The number of aromatic nitrogens is 2. The van der Waals surface area contributed by atoms with Gasteiger partial charge in [0.2, 0.25) is 5.91 Å². The van der Waals surface area contributed by atoms with Crippen LogP contribution in [0.15, 0.2) is 66.7 Å². The summed E-state index contributed by atoms with van der Waals surface area (Å²) in [6.07, 6.45) is 3.87. The van der Waals surface area contributed by atoms with Gasteiger partial charge in [0.25, 0.3) is 0 Å². The first kappa shape index (κ1) is 27.0. The fraction of sp³-hybridized carbons (Fsp3) is 0.355. The predicted octanol–water partition coefficient (Wildman–Crippen LogP) is 5.51. The number of carbonyl (C=O) groups is 1. The highest BCUT2D eigenvalue weighted by molar-refractivity contribution is 5.79. The lowest BCUT2D eigenvalue weighted by atomic mass is 10.1. The zero-order valence-electron chi connectivity index (χ0n) is 22.5. The third-order valence-corrected chi connectivity index (χ3v) is 6.57. The number of carbonyl (C=O) groups excluding carboxylic acids is 1. The summed E-state index contributed by atoms with van der Waals surface area (Å²) in [5, 5.41) is 3.04. The van der Waals surface area contributed by atoms with Crippen molar-refractivity contribution in [2.45, 2.75) is 45.6 Å². The highest BCUT2D eigenvalue weighted by atomic mass is 16.5. The maximum absolute atomic E-state index is 12.5. The van der Waals surface area contributed by atoms with Crippen molar-refractivity contribution in [1.82, 2.24) is 14.9 Å². The minimum absolute atomic E-state index is 0.0145. The quantitative estimate of drug-likeness (QED) is 0.224. The van der Waals surface area contributed by atoms with E-state index in [2.05, 4.69) is 41.1 Å². The second-order valence-corrected chi connectivity index (χ2v) is 9.31. The van der Waals surface area contributed by atoms with Crippen molar-refractivity contribution in [3.63, 3.8) is 0 Å². The Labute approximate surface area is 224 Å². The Morgan fingerprint density at radius 3 is 2.50 bits per heavy atom. The van der Waals surface area contributed by atoms with Gasteiger partial charge in [-0.15, -0.1) is 0 Å². The highest BCUT2D eigenvalue weighted by Gasteiger charge is 2.12. The Morgan fingerprint density at radius 2 is 1.68 bits per heavy atom. The molecule has 0 aliphatic rings. The van der Waals surface area contributed by atoms with E-state index in [1.54, 1.807) is 14.2 Å². The van der Waals surface area contributed by atoms with Crippen LogP contribution in [0.2, 0.25) is 0 Å². The largest absolute Gasteiger partial charge is 0.493 e. The van der Waals surface area contributed by atoms with Crippen LogP contribution in [0.25, 0.3) is 11.0 Å². The van der Waals surface area contributed by atoms with Crippen LogP contribution in [0.3, 0.4) is 0 Å². The molecule has 0 saturated heterocycles. The molecule has 7 heteroatoms. The number of hydrogen-bond acceptors (Lipinski definition) is 5. The molecule has 4 aromatic rings. The molecule has 0 spiro atoms. The van der Waals surface area contributed by atoms with Crippen molar-refractivity contribution in [1.29, 1.82) is 0 Å². The maximum Gasteiger partial charge on any atom is 0.224 e. The molecule has 0 fully saturated rings. The van der Waals surface area contributed by atoms with E-state index < -0.39 is 0 Å². The molecule has 0 radical (unpaired) electrons. The van der Waals surface area contributed by atoms with E-state index in [1.807, 2.05) is 42.5 Å². The number of imidazole rings is 1. The fourth-order valence-corrected chi connectivity index (χ4v) is 4.55. The second kappa shape index (κ2) is 13.5. The average Bonchev–Trinajstić information content (AvgIpc) is 3.29. The lowest BCUT2D eigenvalue weighted by Gasteiger charge is -2.12. The molecule has 38 heavy (non-hydrogen) atoms. The van der Waals surface area contributed by atoms with E-state index in [0.29, 0.717) is 31.1 Å². The first-order valence-electron chi connectivity index (χ1n) is 13.2. The fourth-order valence-electron chi connectivity index (χ4n) is 4.55. The molecule has 1 heterocycles. The van der Waals surface area contributed by atoms with Gasteiger partial charge in [0.15, 0.2) is 11.5 Å². The molecule has 1 amide bonds. The van der Waals surface area contributed by atoms with Crippen LogP contribution in [0.1, 0.15) is 36.2 Å². The number of nitrogens with one attached hydrogen (secondary N) is 1. The number of aryl methyl sites for hydroxylation is 3. The molecule has 0 unspecified atom stereocenters. The molecular weight excluding hydrogens is 478 g/mol. The van der Waals surface area contributed by atoms with Crippen molar-refractivity contribution < 1.29 is 19.0 Å². The number of para-hydroxylation sites is 3. The summed E-state index contributed by atoms with van der Waals surface area (Å²) >= 11 is 0. The summed E-state index contributed by atoms with van der Waals surface area (Å²) < 4.78 is 18.9. The van der Waals surface area contributed by atoms with Crippen molar-refractivity contribution in [2.24, 2.45) is 0 Å². The SMILES string of the molecule is COc1ccc(CC(=O)NCCCc2nc3ccccc3n2CCCCOc2ccccc2C)cc1OC. The van der Waals surface area contributed by atoms with Gasteiger partial charge in [0.05, 0.1) is 38.3 Å². The first-order chi connectivity index (χ1) is 18.6. The number of nitrogens with zero attached hydrogens (tertiary/aromatic N) is 2. The van der Waals surface area contributed by atoms with Crippen LogP contribution in [0.5, 0.6) is 17.2 Å². The molecule has 0 aliphatic carbocycles. The average molecular weight is 516 g/mol. The maximum atomic E-state index is 12.5. The summed E-state index contributed by atoms with van der Waals surface area (Å²) in [4.78, 5) is 17.4. The number of amides is 1. The summed E-state index contributed by atoms with van der Waals surface area (Å²) in [6, 6.07) is 21.9. The molecule has 0 aliphatic heterocycles. The van der Waals surface area contributed by atoms with Crippen LogP contribution >= 0.6 is 0 Å². The van der Waals surface area contributed by atoms with E-state index in [-0.39, 0.29) is 5.91 Å². The van der Waals surface area contributed by atoms with Crippen LogP contribution in [-0.4, -0.2) is 42.8 Å². The standard InChI is InChI=1S/C31H37N3O4/c1-23-11-4-7-14-27(23)38-20-9-8-19-34-26-13-6-5-12-25(26)33-30(34)15-10-18-32-31(35)22-24-16-17-28(36-2)29(21-24)37-3/h4-7,11-14,16-17,21H,8-10,15,18-20,22H2,1-3H3,(H,32,35). The van der Waals surface area contributed by atoms with Crippen LogP contribution < -0.4 is 19.5 Å². The summed E-state index contributed by atoms with van der Waals surface area (Å²) in [5.74, 6) is 3.27. The highest BCUT2D eigenvalue weighted by Crippen LogP contribution is 2.27. The van der Waals surface area contributed by atoms with Crippen LogP contribution in [-0.2, 0) is 24.2 Å². The van der Waals surface area contributed by atoms with Gasteiger partial charge in [-0.1, -0.05) is 36.4 Å². The smallest absolute Gasteiger partial charge is 0.224 e. The van der Waals surface area contributed by atoms with Gasteiger partial charge < -0.3 is 24.1 Å². The van der Waals surface area contributed by atoms with Crippen LogP contribution in [0, 0.1) is 6.92 Å². The first-order valence-corrected chi connectivity index (χ1v) is 13.2. The second-order valence-electron chi connectivity index (χ2n) is 9.31. The van der Waals surface area contributed by atoms with Gasteiger partial charge in [-0.25, -0.2) is 4.98 Å². The van der Waals surface area contributed by atoms with Gasteiger partial charge >= 0.3 is 0 Å². The van der Waals surface area contributed by atoms with Gasteiger partial charge in [0.1, 0.15) is 11.6 Å². The number of benzene rings is 3. The monoisotopic (exact) mass is 515 g/mol. The molecule has 3 aromatic carbocycles. The third kappa shape index (κ3) is 7.06. The van der Waals surface area contributed by atoms with Crippen molar-refractivity contribution in [3.05, 3.63) is 83.7 Å². The predicted molar refractivity (Wildman–Crippen MR) is 150 cm³/mol. The van der Waals surface area contributed by atoms with Gasteiger partial charge in [-0.05, 0) is 67.6 Å². The molecule has 4 rings (SSSR count). The Morgan fingerprint density at radius 1 is 0.895 bits per heavy atom. The number of methoxy groups -OCH3 is 2. The molecular formula is C31H37N3O4. The molecule has 1 N–H and O–H groups in total. The number of fused-ring (bicyclic) bond motifs is 1. The van der Waals surface area contributed by atoms with E-state index in [1.165, 1.54) is 0 Å². The summed E-state index contributed by atoms with van der Waals surface area (Å²) in [5.41, 5.74) is 4.20. The lowest BCUT2D eigenvalue weighted by molar-refractivity contribution is -0.120. The summed E-state index contributed by atoms with van der Waals surface area (Å²) in [7, 11) is 3.19. The van der Waals surface area contributed by atoms with Crippen molar-refractivity contribution in [3.8, 4) is 17.2 Å². The number of rotatable bonds is 14. The van der Waals surface area contributed by atoms with E-state index >= 15 is 0 Å². The molecule has 0 saturated carbocycles. The molecule has 1 aromatic heterocycles. The Hall–Kier alpha value is -4.00. The molecule has 0 bridgehead atoms. The zero-order valence-corrected chi connectivity index (χ0v) is 22.5. The Bertz CT molecular complexity index is 1350. The molecule has 0 atom stereocenters. The zero-order chi connectivity index (χ0) is 26.7. The van der Waals surface area contributed by atoms with Gasteiger partial charge in [-0.2, -0.15) is 0 Å². The number of hydrogen-bond donors (Lipinski definition) is 1. The minimum Gasteiger partial charge on any atom is -0.493 e. The third-order valence-electron chi connectivity index (χ3n) is 6.57. The van der Waals surface area contributed by atoms with Crippen molar-refractivity contribution >= 4 is 16.9 Å². The number of unbranched alkanes of at least 4 members (excludes halogenated alkanes) is 1. The topological polar surface area (TPSA) is 74.6 Å². The van der Waals surface area contributed by atoms with Gasteiger partial charge in [-0.3, -0.25) is 4.79 Å². The van der Waals surface area contributed by atoms with Gasteiger partial charge in [0, 0.05) is 19.5 Å². The normalized spacial score (nSPS) is 10.9. The van der Waals surface area contributed by atoms with E-state index in [9.17, 15) is 4.79 Å². The number of ether oxygens (including phenoxy) is 3. The molecule has 200 valence electrons. The molecule has 7 nitrogen and oxygen atoms in total. The van der Waals surface area contributed by atoms with Crippen LogP contribution in [0.4, 0.5) is 0 Å². The Balaban J connectivity index is 1.26. The minimum atomic E-state index is -0.0145. The lowest BCUT2D eigenvalue weighted by Crippen LogP contribution is -2.26. The summed E-state index contributed by atoms with van der Waals surface area (Å²) in [6.45, 7) is 4.25. The Kier molecular flexibility index (Phi) is 9.62. The van der Waals surface area contributed by atoms with Crippen molar-refractivity contribution in [2.75, 3.05) is 27.4 Å². The van der Waals surface area contributed by atoms with E-state index in [4.69, 9.17) is 19.2 Å².